The molecule has 0 unspecified atom stereocenters. The highest BCUT2D eigenvalue weighted by molar-refractivity contribution is 5.95. The van der Waals surface area contributed by atoms with Crippen molar-refractivity contribution in [2.45, 2.75) is 6.92 Å². The van der Waals surface area contributed by atoms with E-state index in [-0.39, 0.29) is 11.8 Å². The van der Waals surface area contributed by atoms with Crippen molar-refractivity contribution in [2.75, 3.05) is 6.61 Å². The van der Waals surface area contributed by atoms with Crippen LogP contribution < -0.4 is 0 Å². The predicted molar refractivity (Wildman–Crippen MR) is 59.9 cm³/mol. The summed E-state index contributed by atoms with van der Waals surface area (Å²) in [6.07, 6.45) is 0. The minimum absolute atomic E-state index is 0.281. The number of ether oxygens (including phenoxy) is 1. The van der Waals surface area contributed by atoms with Gasteiger partial charge in [-0.2, -0.15) is 0 Å². The molecule has 3 heteroatoms. The molecule has 2 aromatic rings. The summed E-state index contributed by atoms with van der Waals surface area (Å²) < 4.78 is 17.8. The molecule has 2 nitrogen and oxygen atoms in total. The molecule has 0 aliphatic rings. The number of hydrogen-bond acceptors (Lipinski definition) is 2. The molecule has 16 heavy (non-hydrogen) atoms. The highest BCUT2D eigenvalue weighted by Crippen LogP contribution is 2.17. The van der Waals surface area contributed by atoms with Crippen molar-refractivity contribution < 1.29 is 13.9 Å². The van der Waals surface area contributed by atoms with Crippen molar-refractivity contribution in [2.24, 2.45) is 0 Å². The van der Waals surface area contributed by atoms with Crippen LogP contribution in [-0.4, -0.2) is 12.6 Å². The van der Waals surface area contributed by atoms with E-state index in [1.807, 2.05) is 0 Å². The third-order valence-corrected chi connectivity index (χ3v) is 2.31. The van der Waals surface area contributed by atoms with Crippen molar-refractivity contribution in [1.29, 1.82) is 0 Å². The van der Waals surface area contributed by atoms with Gasteiger partial charge in [0, 0.05) is 0 Å². The zero-order valence-electron chi connectivity index (χ0n) is 8.87. The van der Waals surface area contributed by atoms with Crippen molar-refractivity contribution in [3.05, 3.63) is 47.8 Å². The van der Waals surface area contributed by atoms with Gasteiger partial charge in [-0.1, -0.05) is 12.1 Å². The normalized spacial score (nSPS) is 10.4. The van der Waals surface area contributed by atoms with Crippen LogP contribution in [0.15, 0.2) is 36.4 Å². The van der Waals surface area contributed by atoms with E-state index in [1.54, 1.807) is 31.2 Å². The van der Waals surface area contributed by atoms with Crippen LogP contribution in [0.25, 0.3) is 10.8 Å². The number of carbonyl (C=O) groups excluding carboxylic acids is 1. The molecule has 0 aliphatic heterocycles. The van der Waals surface area contributed by atoms with E-state index in [4.69, 9.17) is 4.74 Å². The molecule has 0 amide bonds. The maximum absolute atomic E-state index is 12.9. The van der Waals surface area contributed by atoms with Gasteiger partial charge in [-0.3, -0.25) is 0 Å². The van der Waals surface area contributed by atoms with Gasteiger partial charge >= 0.3 is 5.97 Å². The summed E-state index contributed by atoms with van der Waals surface area (Å²) in [5.74, 6) is -0.634. The molecule has 0 N–H and O–H groups in total. The zero-order valence-corrected chi connectivity index (χ0v) is 8.87. The SMILES string of the molecule is CCOC(=O)c1ccc2cc([18F])ccc2c1. The Morgan fingerprint density at radius 1 is 1.19 bits per heavy atom. The Bertz CT molecular complexity index is 534. The van der Waals surface area contributed by atoms with E-state index in [0.717, 1.165) is 10.8 Å². The van der Waals surface area contributed by atoms with Gasteiger partial charge in [-0.25, -0.2) is 9.18 Å². The van der Waals surface area contributed by atoms with E-state index in [0.29, 0.717) is 12.2 Å². The van der Waals surface area contributed by atoms with Crippen LogP contribution in [0.5, 0.6) is 0 Å². The Hall–Kier alpha value is -1.90. The fraction of sp³-hybridized carbons (Fsp3) is 0.154. The Morgan fingerprint density at radius 3 is 2.62 bits per heavy atom. The van der Waals surface area contributed by atoms with Crippen LogP contribution in [0.4, 0.5) is 4.39 Å². The minimum Gasteiger partial charge on any atom is -0.462 e. The van der Waals surface area contributed by atoms with Gasteiger partial charge in [0.2, 0.25) is 0 Å². The number of carbonyl (C=O) groups is 1. The highest BCUT2D eigenvalue weighted by Gasteiger charge is 2.06. The van der Waals surface area contributed by atoms with Crippen LogP contribution in [0, 0.1) is 5.82 Å². The summed E-state index contributed by atoms with van der Waals surface area (Å²) in [6.45, 7) is 2.11. The summed E-state index contributed by atoms with van der Waals surface area (Å²) >= 11 is 0. The predicted octanol–water partition coefficient (Wildman–Crippen LogP) is 3.16. The molecule has 0 spiro atoms. The maximum Gasteiger partial charge on any atom is 0.338 e. The van der Waals surface area contributed by atoms with Crippen LogP contribution in [0.3, 0.4) is 0 Å². The van der Waals surface area contributed by atoms with E-state index >= 15 is 0 Å². The molecule has 0 saturated heterocycles. The maximum atomic E-state index is 12.9. The van der Waals surface area contributed by atoms with Crippen LogP contribution in [0.1, 0.15) is 17.3 Å². The zero-order chi connectivity index (χ0) is 11.5. The van der Waals surface area contributed by atoms with Crippen LogP contribution in [0.2, 0.25) is 0 Å². The van der Waals surface area contributed by atoms with E-state index in [9.17, 15) is 9.18 Å². The molecular weight excluding hydrogens is 206 g/mol. The number of rotatable bonds is 2. The van der Waals surface area contributed by atoms with Gasteiger partial charge in [0.05, 0.1) is 12.2 Å². The Morgan fingerprint density at radius 2 is 1.88 bits per heavy atom. The second-order valence-corrected chi connectivity index (χ2v) is 3.43. The van der Waals surface area contributed by atoms with Gasteiger partial charge in [-0.05, 0) is 42.0 Å². The van der Waals surface area contributed by atoms with Crippen LogP contribution >= 0.6 is 0 Å². The molecule has 2 aromatic carbocycles. The lowest BCUT2D eigenvalue weighted by molar-refractivity contribution is 0.0526. The second-order valence-electron chi connectivity index (χ2n) is 3.43. The molecule has 0 saturated carbocycles. The van der Waals surface area contributed by atoms with Gasteiger partial charge in [0.25, 0.3) is 0 Å². The Kier molecular flexibility index (Phi) is 2.86. The van der Waals surface area contributed by atoms with Gasteiger partial charge in [0.1, 0.15) is 5.82 Å². The molecule has 2 rings (SSSR count). The number of fused-ring (bicyclic) bond motifs is 1. The number of esters is 1. The molecular formula is C13H11FO2. The Balaban J connectivity index is 2.44. The molecule has 0 radical (unpaired) electrons. The van der Waals surface area contributed by atoms with E-state index < -0.39 is 0 Å². The average Bonchev–Trinajstić information content (AvgIpc) is 2.28. The Labute approximate surface area is 92.6 Å². The first-order valence-electron chi connectivity index (χ1n) is 5.07. The number of benzene rings is 2. The molecule has 0 aliphatic carbocycles. The second kappa shape index (κ2) is 4.31. The lowest BCUT2D eigenvalue weighted by Crippen LogP contribution is -2.04. The third-order valence-electron chi connectivity index (χ3n) is 2.31. The first-order chi connectivity index (χ1) is 7.70. The van der Waals surface area contributed by atoms with Gasteiger partial charge in [-0.15, -0.1) is 0 Å². The minimum atomic E-state index is -0.353. The lowest BCUT2D eigenvalue weighted by Gasteiger charge is -2.03. The third kappa shape index (κ3) is 2.03. The van der Waals surface area contributed by atoms with Crippen molar-refractivity contribution in [3.63, 3.8) is 0 Å². The molecule has 0 fully saturated rings. The summed E-state index contributed by atoms with van der Waals surface area (Å²) in [5.41, 5.74) is 0.487. The first kappa shape index (κ1) is 10.6. The standard InChI is InChI=1S/C13H11FO2/c1-2-16-13(15)11-4-3-10-8-12(14)6-5-9(10)7-11/h3-8H,2H2,1H3/i14-1. The van der Waals surface area contributed by atoms with Crippen molar-refractivity contribution in [3.8, 4) is 0 Å². The number of hydrogen-bond donors (Lipinski definition) is 0. The van der Waals surface area contributed by atoms with Crippen LogP contribution in [-0.2, 0) is 4.74 Å². The fourth-order valence-electron chi connectivity index (χ4n) is 1.56. The highest BCUT2D eigenvalue weighted by atomic mass is 18.2. The largest absolute Gasteiger partial charge is 0.462 e. The fourth-order valence-corrected chi connectivity index (χ4v) is 1.56. The van der Waals surface area contributed by atoms with Gasteiger partial charge in [0.15, 0.2) is 0 Å². The first-order valence-corrected chi connectivity index (χ1v) is 5.07. The summed E-state index contributed by atoms with van der Waals surface area (Å²) in [6, 6.07) is 9.51. The molecule has 0 bridgehead atoms. The molecule has 0 aromatic heterocycles. The summed E-state index contributed by atoms with van der Waals surface area (Å²) in [5, 5.41) is 1.60. The summed E-state index contributed by atoms with van der Waals surface area (Å²) in [4.78, 5) is 11.5. The van der Waals surface area contributed by atoms with E-state index in [1.165, 1.54) is 12.1 Å². The van der Waals surface area contributed by atoms with Crippen molar-refractivity contribution in [1.82, 2.24) is 0 Å². The average molecular weight is 217 g/mol. The lowest BCUT2D eigenvalue weighted by atomic mass is 10.1. The van der Waals surface area contributed by atoms with E-state index in [2.05, 4.69) is 0 Å². The van der Waals surface area contributed by atoms with Crippen molar-refractivity contribution >= 4 is 16.7 Å². The molecule has 0 heterocycles. The summed E-state index contributed by atoms with van der Waals surface area (Å²) in [7, 11) is 0. The molecule has 82 valence electrons. The number of halogens is 1. The quantitative estimate of drug-likeness (QED) is 0.722. The monoisotopic (exact) mass is 217 g/mol. The smallest absolute Gasteiger partial charge is 0.338 e. The molecule has 0 atom stereocenters. The van der Waals surface area contributed by atoms with Gasteiger partial charge < -0.3 is 4.74 Å². The topological polar surface area (TPSA) is 26.3 Å².